The number of aliphatic hydroxyl groups is 2. The molecule has 0 spiro atoms. The van der Waals surface area contributed by atoms with E-state index in [4.69, 9.17) is 4.74 Å². The molecule has 2 atom stereocenters. The van der Waals surface area contributed by atoms with Gasteiger partial charge in [0, 0.05) is 12.8 Å². The number of rotatable bonds is 62. The molecule has 3 N–H and O–H groups in total. The van der Waals surface area contributed by atoms with Gasteiger partial charge in [0.25, 0.3) is 0 Å². The van der Waals surface area contributed by atoms with Gasteiger partial charge in [-0.05, 0) is 83.5 Å². The summed E-state index contributed by atoms with van der Waals surface area (Å²) in [6.07, 6.45) is 80.6. The first-order valence-corrected chi connectivity index (χ1v) is 33.2. The highest BCUT2D eigenvalue weighted by molar-refractivity contribution is 5.76. The lowest BCUT2D eigenvalue weighted by Gasteiger charge is -2.22. The summed E-state index contributed by atoms with van der Waals surface area (Å²) < 4.78 is 5.48. The van der Waals surface area contributed by atoms with E-state index in [1.165, 1.54) is 276 Å². The lowest BCUT2D eigenvalue weighted by Crippen LogP contribution is -2.45. The number of carbonyl (C=O) groups is 2. The van der Waals surface area contributed by atoms with E-state index in [1.807, 2.05) is 0 Å². The summed E-state index contributed by atoms with van der Waals surface area (Å²) in [5.74, 6) is -0.0265. The number of hydrogen-bond acceptors (Lipinski definition) is 5. The Hall–Kier alpha value is -1.92. The third kappa shape index (κ3) is 59.3. The van der Waals surface area contributed by atoms with Gasteiger partial charge in [-0.25, -0.2) is 0 Å². The lowest BCUT2D eigenvalue weighted by molar-refractivity contribution is -0.143. The van der Waals surface area contributed by atoms with Gasteiger partial charge in [-0.1, -0.05) is 301 Å². The van der Waals surface area contributed by atoms with Gasteiger partial charge < -0.3 is 20.3 Å². The van der Waals surface area contributed by atoms with Crippen LogP contribution in [0, 0.1) is 0 Å². The van der Waals surface area contributed by atoms with Crippen molar-refractivity contribution < 1.29 is 24.5 Å². The van der Waals surface area contributed by atoms with Crippen LogP contribution in [0.15, 0.2) is 36.5 Å². The molecule has 0 saturated carbocycles. The first-order valence-electron chi connectivity index (χ1n) is 33.2. The molecule has 0 bridgehead atoms. The minimum atomic E-state index is -0.660. The number of unbranched alkanes of at least 4 members (excludes halogenated alkanes) is 45. The third-order valence-corrected chi connectivity index (χ3v) is 15.4. The van der Waals surface area contributed by atoms with E-state index in [-0.39, 0.29) is 18.5 Å². The average Bonchev–Trinajstić information content (AvgIpc) is 3.40. The van der Waals surface area contributed by atoms with E-state index in [1.54, 1.807) is 0 Å². The van der Waals surface area contributed by atoms with E-state index in [0.29, 0.717) is 25.9 Å². The Morgan fingerprint density at radius 2 is 0.676 bits per heavy atom. The Balaban J connectivity index is 3.34. The zero-order valence-electron chi connectivity index (χ0n) is 49.8. The number of allylic oxidation sites excluding steroid dienone is 6. The van der Waals surface area contributed by atoms with Gasteiger partial charge in [0.05, 0.1) is 25.4 Å². The molecule has 0 rings (SSSR count). The fraction of sp³-hybridized carbons (Fsp3) is 0.882. The van der Waals surface area contributed by atoms with Crippen molar-refractivity contribution in [2.75, 3.05) is 13.2 Å². The molecule has 0 aliphatic carbocycles. The average molecular weight is 1040 g/mol. The second-order valence-corrected chi connectivity index (χ2v) is 22.8. The third-order valence-electron chi connectivity index (χ3n) is 15.4. The highest BCUT2D eigenvalue weighted by Gasteiger charge is 2.20. The summed E-state index contributed by atoms with van der Waals surface area (Å²) in [7, 11) is 0. The van der Waals surface area contributed by atoms with E-state index < -0.39 is 12.1 Å². The van der Waals surface area contributed by atoms with Gasteiger partial charge >= 0.3 is 5.97 Å². The number of hydrogen-bond donors (Lipinski definition) is 3. The van der Waals surface area contributed by atoms with Crippen LogP contribution in [-0.2, 0) is 14.3 Å². The Labute approximate surface area is 462 Å². The van der Waals surface area contributed by atoms with Crippen LogP contribution in [0.3, 0.4) is 0 Å². The van der Waals surface area contributed by atoms with E-state index in [2.05, 4.69) is 55.6 Å². The van der Waals surface area contributed by atoms with Crippen LogP contribution in [0.2, 0.25) is 0 Å². The molecule has 0 aliphatic rings. The highest BCUT2D eigenvalue weighted by atomic mass is 16.5. The highest BCUT2D eigenvalue weighted by Crippen LogP contribution is 2.18. The maximum Gasteiger partial charge on any atom is 0.305 e. The van der Waals surface area contributed by atoms with Crippen molar-refractivity contribution in [3.63, 3.8) is 0 Å². The minimum absolute atomic E-state index is 0.00747. The van der Waals surface area contributed by atoms with Gasteiger partial charge in [-0.2, -0.15) is 0 Å². The first-order chi connectivity index (χ1) is 36.5. The van der Waals surface area contributed by atoms with Gasteiger partial charge in [0.2, 0.25) is 5.91 Å². The Morgan fingerprint density at radius 1 is 0.378 bits per heavy atom. The van der Waals surface area contributed by atoms with Gasteiger partial charge in [-0.15, -0.1) is 0 Å². The molecule has 0 aromatic rings. The number of ether oxygens (including phenoxy) is 1. The fourth-order valence-corrected chi connectivity index (χ4v) is 10.3. The van der Waals surface area contributed by atoms with Crippen LogP contribution in [0.1, 0.15) is 361 Å². The zero-order valence-corrected chi connectivity index (χ0v) is 49.8. The molecule has 0 heterocycles. The molecule has 6 nitrogen and oxygen atoms in total. The Morgan fingerprint density at radius 3 is 1.05 bits per heavy atom. The molecule has 2 unspecified atom stereocenters. The number of amides is 1. The van der Waals surface area contributed by atoms with Crippen molar-refractivity contribution in [3.8, 4) is 0 Å². The lowest BCUT2D eigenvalue weighted by atomic mass is 10.0. The summed E-state index contributed by atoms with van der Waals surface area (Å²) in [4.78, 5) is 24.4. The van der Waals surface area contributed by atoms with Crippen LogP contribution in [0.5, 0.6) is 0 Å². The van der Waals surface area contributed by atoms with Crippen LogP contribution < -0.4 is 5.32 Å². The van der Waals surface area contributed by atoms with Crippen LogP contribution in [0.25, 0.3) is 0 Å². The summed E-state index contributed by atoms with van der Waals surface area (Å²) in [6, 6.07) is -0.537. The van der Waals surface area contributed by atoms with Crippen LogP contribution in [-0.4, -0.2) is 47.4 Å². The monoisotopic (exact) mass is 1040 g/mol. The molecule has 436 valence electrons. The second-order valence-electron chi connectivity index (χ2n) is 22.8. The smallest absolute Gasteiger partial charge is 0.305 e. The predicted molar refractivity (Wildman–Crippen MR) is 324 cm³/mol. The maximum absolute atomic E-state index is 12.4. The number of nitrogens with one attached hydrogen (secondary N) is 1. The maximum atomic E-state index is 12.4. The molecule has 0 aromatic heterocycles. The normalized spacial score (nSPS) is 12.8. The fourth-order valence-electron chi connectivity index (χ4n) is 10.3. The van der Waals surface area contributed by atoms with Crippen molar-refractivity contribution in [1.82, 2.24) is 5.32 Å². The topological polar surface area (TPSA) is 95.9 Å². The molecule has 0 radical (unpaired) electrons. The zero-order chi connectivity index (χ0) is 53.6. The molecule has 6 heteroatoms. The summed E-state index contributed by atoms with van der Waals surface area (Å²) >= 11 is 0. The van der Waals surface area contributed by atoms with E-state index in [0.717, 1.165) is 51.4 Å². The van der Waals surface area contributed by atoms with Crippen molar-refractivity contribution in [1.29, 1.82) is 0 Å². The molecule has 1 amide bonds. The molecular formula is C68H129NO5. The second kappa shape index (κ2) is 63.6. The molecule has 0 fully saturated rings. The molecule has 0 aliphatic heterocycles. The van der Waals surface area contributed by atoms with Gasteiger partial charge in [0.15, 0.2) is 0 Å². The molecule has 74 heavy (non-hydrogen) atoms. The quantitative estimate of drug-likeness (QED) is 0.0320. The SMILES string of the molecule is CCCCCC/C=C\CCCCCCCC(=O)OCCCCCCCCCCCCC/C=C\C/C=C\CCCCCCCCCCCCCCCCCCCC(=O)NC(CO)C(O)CCCCCCCCCCC. The van der Waals surface area contributed by atoms with Crippen molar-refractivity contribution in [3.05, 3.63) is 36.5 Å². The van der Waals surface area contributed by atoms with Crippen LogP contribution in [0.4, 0.5) is 0 Å². The standard InChI is InChI=1S/C68H129NO5/c1-3-5-7-9-11-13-14-38-42-46-50-54-58-62-68(73)74-63-59-55-51-47-43-40-37-35-33-31-29-27-25-23-21-19-17-15-16-18-20-22-24-26-28-30-32-34-36-39-41-45-49-53-57-61-67(72)69-65(64-70)66(71)60-56-52-48-44-12-10-8-6-4-2/h13-14,17,19,23,25,65-66,70-71H,3-12,15-16,18,20-22,24,26-64H2,1-2H3,(H,69,72)/b14-13-,19-17-,25-23-. The van der Waals surface area contributed by atoms with E-state index in [9.17, 15) is 19.8 Å². The summed E-state index contributed by atoms with van der Waals surface area (Å²) in [5, 5.41) is 23.1. The first kappa shape index (κ1) is 72.1. The Bertz CT molecular complexity index is 1200. The van der Waals surface area contributed by atoms with Crippen molar-refractivity contribution in [2.45, 2.75) is 373 Å². The van der Waals surface area contributed by atoms with Crippen LogP contribution >= 0.6 is 0 Å². The minimum Gasteiger partial charge on any atom is -0.466 e. The van der Waals surface area contributed by atoms with Gasteiger partial charge in [0.1, 0.15) is 0 Å². The van der Waals surface area contributed by atoms with Crippen molar-refractivity contribution in [2.24, 2.45) is 0 Å². The molecule has 0 aromatic carbocycles. The molecule has 0 saturated heterocycles. The number of esters is 1. The Kier molecular flexibility index (Phi) is 62.0. The van der Waals surface area contributed by atoms with Gasteiger partial charge in [-0.3, -0.25) is 9.59 Å². The number of aliphatic hydroxyl groups excluding tert-OH is 2. The van der Waals surface area contributed by atoms with Crippen molar-refractivity contribution >= 4 is 11.9 Å². The molecular weight excluding hydrogens is 911 g/mol. The summed E-state index contributed by atoms with van der Waals surface area (Å²) in [5.41, 5.74) is 0. The number of carbonyl (C=O) groups excluding carboxylic acids is 2. The van der Waals surface area contributed by atoms with E-state index >= 15 is 0 Å². The predicted octanol–water partition coefficient (Wildman–Crippen LogP) is 21.1. The summed E-state index contributed by atoms with van der Waals surface area (Å²) in [6.45, 7) is 4.93. The largest absolute Gasteiger partial charge is 0.466 e.